The summed E-state index contributed by atoms with van der Waals surface area (Å²) in [5.74, 6) is 0.928. The molecule has 7 nitrogen and oxygen atoms in total. The van der Waals surface area contributed by atoms with Crippen LogP contribution in [0, 0.1) is 0 Å². The van der Waals surface area contributed by atoms with E-state index in [1.165, 1.54) is 0 Å². The van der Waals surface area contributed by atoms with Crippen molar-refractivity contribution in [1.82, 2.24) is 9.88 Å². The fourth-order valence-corrected chi connectivity index (χ4v) is 3.46. The third-order valence-electron chi connectivity index (χ3n) is 5.12. The molecule has 4 rings (SSSR count). The number of ether oxygens (including phenoxy) is 1. The van der Waals surface area contributed by atoms with E-state index in [1.807, 2.05) is 48.5 Å². The number of pyridine rings is 1. The van der Waals surface area contributed by atoms with Gasteiger partial charge in [0.2, 0.25) is 0 Å². The summed E-state index contributed by atoms with van der Waals surface area (Å²) in [5.41, 5.74) is 1.09. The molecule has 0 spiro atoms. The number of nitrogens with one attached hydrogen (secondary N) is 1. The van der Waals surface area contributed by atoms with E-state index in [1.54, 1.807) is 35.4 Å². The number of hydrogen-bond donors (Lipinski definition) is 1. The van der Waals surface area contributed by atoms with Gasteiger partial charge in [-0.3, -0.25) is 9.59 Å². The number of amides is 2. The Labute approximate surface area is 181 Å². The van der Waals surface area contributed by atoms with Crippen LogP contribution >= 0.6 is 0 Å². The normalized spacial score (nSPS) is 13.5. The fraction of sp³-hybridized carbons (Fsp3) is 0.208. The van der Waals surface area contributed by atoms with Crippen molar-refractivity contribution in [2.24, 2.45) is 0 Å². The summed E-state index contributed by atoms with van der Waals surface area (Å²) in [6.45, 7) is 2.54. The topological polar surface area (TPSA) is 74.8 Å². The van der Waals surface area contributed by atoms with Crippen LogP contribution in [0.15, 0.2) is 79.0 Å². The Morgan fingerprint density at radius 2 is 1.58 bits per heavy atom. The van der Waals surface area contributed by atoms with Crippen LogP contribution in [0.1, 0.15) is 10.4 Å². The van der Waals surface area contributed by atoms with Gasteiger partial charge in [-0.2, -0.15) is 0 Å². The second-order valence-electron chi connectivity index (χ2n) is 7.16. The maximum absolute atomic E-state index is 12.7. The highest BCUT2D eigenvalue weighted by atomic mass is 16.5. The van der Waals surface area contributed by atoms with Crippen molar-refractivity contribution in [3.63, 3.8) is 0 Å². The molecule has 0 aliphatic carbocycles. The SMILES string of the molecule is O=C(Nc1ccccc1)c1ccccc1OCC(=O)N1CCN(c2ccccn2)CC1. The van der Waals surface area contributed by atoms with E-state index in [0.29, 0.717) is 30.1 Å². The number of benzene rings is 2. The lowest BCUT2D eigenvalue weighted by molar-refractivity contribution is -0.133. The Morgan fingerprint density at radius 3 is 2.32 bits per heavy atom. The number of nitrogens with zero attached hydrogens (tertiary/aromatic N) is 3. The fourth-order valence-electron chi connectivity index (χ4n) is 3.46. The minimum Gasteiger partial charge on any atom is -0.483 e. The standard InChI is InChI=1S/C24H24N4O3/c29-23(28-16-14-27(15-17-28)22-12-6-7-13-25-22)18-31-21-11-5-4-10-20(21)24(30)26-19-8-2-1-3-9-19/h1-13H,14-18H2,(H,26,30). The number of carbonyl (C=O) groups excluding carboxylic acids is 2. The van der Waals surface area contributed by atoms with Gasteiger partial charge in [0.15, 0.2) is 6.61 Å². The van der Waals surface area contributed by atoms with Crippen LogP contribution in [0.3, 0.4) is 0 Å². The van der Waals surface area contributed by atoms with Gasteiger partial charge in [0, 0.05) is 38.1 Å². The first kappa shape index (κ1) is 20.4. The van der Waals surface area contributed by atoms with Crippen LogP contribution in [0.5, 0.6) is 5.75 Å². The molecule has 1 saturated heterocycles. The van der Waals surface area contributed by atoms with Crippen LogP contribution in [0.25, 0.3) is 0 Å². The number of rotatable bonds is 6. The molecule has 0 unspecified atom stereocenters. The zero-order valence-corrected chi connectivity index (χ0v) is 17.1. The molecule has 31 heavy (non-hydrogen) atoms. The lowest BCUT2D eigenvalue weighted by atomic mass is 10.2. The molecular weight excluding hydrogens is 392 g/mol. The molecule has 0 radical (unpaired) electrons. The van der Waals surface area contributed by atoms with Crippen molar-refractivity contribution in [3.05, 3.63) is 84.6 Å². The molecule has 0 saturated carbocycles. The number of para-hydroxylation sites is 2. The molecule has 3 aromatic rings. The zero-order chi connectivity index (χ0) is 21.5. The van der Waals surface area contributed by atoms with Gasteiger partial charge in [-0.25, -0.2) is 4.98 Å². The molecular formula is C24H24N4O3. The van der Waals surface area contributed by atoms with E-state index in [2.05, 4.69) is 15.2 Å². The first-order valence-corrected chi connectivity index (χ1v) is 10.2. The summed E-state index contributed by atoms with van der Waals surface area (Å²) in [6, 6.07) is 22.0. The Balaban J connectivity index is 1.32. The second-order valence-corrected chi connectivity index (χ2v) is 7.16. The van der Waals surface area contributed by atoms with E-state index in [9.17, 15) is 9.59 Å². The highest BCUT2D eigenvalue weighted by Gasteiger charge is 2.22. The minimum absolute atomic E-state index is 0.0982. The van der Waals surface area contributed by atoms with Crippen LogP contribution in [0.2, 0.25) is 0 Å². The predicted octanol–water partition coefficient (Wildman–Crippen LogP) is 3.06. The van der Waals surface area contributed by atoms with Gasteiger partial charge in [-0.1, -0.05) is 36.4 Å². The summed E-state index contributed by atoms with van der Waals surface area (Å²) in [4.78, 5) is 33.6. The van der Waals surface area contributed by atoms with E-state index >= 15 is 0 Å². The second kappa shape index (κ2) is 9.75. The van der Waals surface area contributed by atoms with Crippen molar-refractivity contribution in [2.75, 3.05) is 43.0 Å². The molecule has 1 N–H and O–H groups in total. The van der Waals surface area contributed by atoms with E-state index in [-0.39, 0.29) is 18.4 Å². The summed E-state index contributed by atoms with van der Waals surface area (Å²) in [7, 11) is 0. The molecule has 1 aromatic heterocycles. The van der Waals surface area contributed by atoms with Crippen LogP contribution < -0.4 is 15.0 Å². The summed E-state index contributed by atoms with van der Waals surface area (Å²) < 4.78 is 5.74. The first-order chi connectivity index (χ1) is 15.2. The number of hydrogen-bond acceptors (Lipinski definition) is 5. The zero-order valence-electron chi connectivity index (χ0n) is 17.1. The number of carbonyl (C=O) groups is 2. The van der Waals surface area contributed by atoms with Gasteiger partial charge in [-0.05, 0) is 36.4 Å². The van der Waals surface area contributed by atoms with Gasteiger partial charge < -0.3 is 19.9 Å². The summed E-state index contributed by atoms with van der Waals surface area (Å²) >= 11 is 0. The van der Waals surface area contributed by atoms with Gasteiger partial charge in [-0.15, -0.1) is 0 Å². The van der Waals surface area contributed by atoms with Crippen molar-refractivity contribution in [3.8, 4) is 5.75 Å². The van der Waals surface area contributed by atoms with E-state index in [4.69, 9.17) is 4.74 Å². The van der Waals surface area contributed by atoms with Crippen molar-refractivity contribution in [2.45, 2.75) is 0 Å². The van der Waals surface area contributed by atoms with Crippen molar-refractivity contribution < 1.29 is 14.3 Å². The maximum Gasteiger partial charge on any atom is 0.260 e. The molecule has 7 heteroatoms. The van der Waals surface area contributed by atoms with Gasteiger partial charge in [0.25, 0.3) is 11.8 Å². The Hall–Kier alpha value is -3.87. The first-order valence-electron chi connectivity index (χ1n) is 10.2. The van der Waals surface area contributed by atoms with E-state index < -0.39 is 0 Å². The lowest BCUT2D eigenvalue weighted by Crippen LogP contribution is -2.50. The van der Waals surface area contributed by atoms with Gasteiger partial charge in [0.05, 0.1) is 5.56 Å². The largest absolute Gasteiger partial charge is 0.483 e. The summed E-state index contributed by atoms with van der Waals surface area (Å²) in [6.07, 6.45) is 1.77. The molecule has 1 aliphatic rings. The molecule has 1 fully saturated rings. The van der Waals surface area contributed by atoms with Crippen molar-refractivity contribution in [1.29, 1.82) is 0 Å². The highest BCUT2D eigenvalue weighted by Crippen LogP contribution is 2.20. The molecule has 2 aromatic carbocycles. The number of aromatic nitrogens is 1. The predicted molar refractivity (Wildman–Crippen MR) is 119 cm³/mol. The third kappa shape index (κ3) is 5.19. The maximum atomic E-state index is 12.7. The smallest absolute Gasteiger partial charge is 0.260 e. The minimum atomic E-state index is -0.279. The molecule has 2 amide bonds. The molecule has 158 valence electrons. The average Bonchev–Trinajstić information content (AvgIpc) is 2.84. The third-order valence-corrected chi connectivity index (χ3v) is 5.12. The Bertz CT molecular complexity index is 1020. The van der Waals surface area contributed by atoms with Crippen LogP contribution in [-0.2, 0) is 4.79 Å². The Morgan fingerprint density at radius 1 is 0.871 bits per heavy atom. The number of anilines is 2. The van der Waals surface area contributed by atoms with Gasteiger partial charge in [0.1, 0.15) is 11.6 Å². The van der Waals surface area contributed by atoms with E-state index in [0.717, 1.165) is 18.9 Å². The highest BCUT2D eigenvalue weighted by molar-refractivity contribution is 6.06. The monoisotopic (exact) mass is 416 g/mol. The lowest BCUT2D eigenvalue weighted by Gasteiger charge is -2.35. The van der Waals surface area contributed by atoms with Crippen molar-refractivity contribution >= 4 is 23.3 Å². The van der Waals surface area contributed by atoms with Crippen LogP contribution in [-0.4, -0.2) is 54.5 Å². The quantitative estimate of drug-likeness (QED) is 0.669. The summed E-state index contributed by atoms with van der Waals surface area (Å²) in [5, 5.41) is 2.84. The van der Waals surface area contributed by atoms with Crippen LogP contribution in [0.4, 0.5) is 11.5 Å². The Kier molecular flexibility index (Phi) is 6.42. The molecule has 2 heterocycles. The average molecular weight is 416 g/mol. The van der Waals surface area contributed by atoms with Gasteiger partial charge >= 0.3 is 0 Å². The molecule has 0 bridgehead atoms. The molecule has 0 atom stereocenters. The molecule has 1 aliphatic heterocycles. The number of piperazine rings is 1.